The molecule has 0 bridgehead atoms. The first-order valence-electron chi connectivity index (χ1n) is 10.3. The first-order chi connectivity index (χ1) is 15.3. The van der Waals surface area contributed by atoms with Crippen molar-refractivity contribution in [2.75, 3.05) is 5.32 Å². The summed E-state index contributed by atoms with van der Waals surface area (Å²) in [7, 11) is 0. The number of rotatable bonds is 6. The number of hydrogen-bond donors (Lipinski definition) is 1. The van der Waals surface area contributed by atoms with Crippen LogP contribution in [0, 0.1) is 0 Å². The van der Waals surface area contributed by atoms with Crippen LogP contribution in [0.25, 0.3) is 22.6 Å². The van der Waals surface area contributed by atoms with E-state index in [1.165, 1.54) is 5.56 Å². The van der Waals surface area contributed by atoms with Gasteiger partial charge in [-0.3, -0.25) is 0 Å². The molecule has 1 atom stereocenters. The average molecular weight is 406 g/mol. The summed E-state index contributed by atoms with van der Waals surface area (Å²) < 4.78 is 1.87. The van der Waals surface area contributed by atoms with Crippen molar-refractivity contribution >= 4 is 17.0 Å². The van der Waals surface area contributed by atoms with Crippen LogP contribution in [-0.2, 0) is 6.54 Å². The van der Waals surface area contributed by atoms with Crippen LogP contribution in [0.4, 0.5) is 5.82 Å². The largest absolute Gasteiger partial charge is 0.364 e. The molecule has 5 rings (SSSR count). The lowest BCUT2D eigenvalue weighted by atomic mass is 10.1. The number of hydrogen-bond acceptors (Lipinski definition) is 5. The zero-order valence-electron chi connectivity index (χ0n) is 17.2. The highest BCUT2D eigenvalue weighted by molar-refractivity contribution is 5.84. The van der Waals surface area contributed by atoms with Crippen LogP contribution in [-0.4, -0.2) is 25.0 Å². The van der Waals surface area contributed by atoms with Gasteiger partial charge in [0.2, 0.25) is 0 Å². The molecule has 0 aliphatic carbocycles. The number of benzene rings is 3. The molecule has 0 saturated heterocycles. The minimum Gasteiger partial charge on any atom is -0.364 e. The van der Waals surface area contributed by atoms with Gasteiger partial charge in [-0.1, -0.05) is 96.2 Å². The fourth-order valence-corrected chi connectivity index (χ4v) is 3.58. The molecule has 0 amide bonds. The maximum absolute atomic E-state index is 4.85. The highest BCUT2D eigenvalue weighted by Gasteiger charge is 2.19. The first-order valence-corrected chi connectivity index (χ1v) is 10.3. The lowest BCUT2D eigenvalue weighted by molar-refractivity contribution is 0.556. The van der Waals surface area contributed by atoms with Crippen molar-refractivity contribution in [3.05, 3.63) is 102 Å². The van der Waals surface area contributed by atoms with E-state index >= 15 is 0 Å². The van der Waals surface area contributed by atoms with Gasteiger partial charge in [-0.2, -0.15) is 0 Å². The molecule has 2 aromatic heterocycles. The molecule has 31 heavy (non-hydrogen) atoms. The lowest BCUT2D eigenvalue weighted by Crippen LogP contribution is -2.10. The van der Waals surface area contributed by atoms with E-state index in [1.807, 2.05) is 71.4 Å². The van der Waals surface area contributed by atoms with Crippen molar-refractivity contribution in [2.24, 2.45) is 0 Å². The van der Waals surface area contributed by atoms with E-state index in [0.29, 0.717) is 29.4 Å². The summed E-state index contributed by atoms with van der Waals surface area (Å²) in [5.41, 5.74) is 4.64. The third-order valence-electron chi connectivity index (χ3n) is 5.31. The molecule has 0 fully saturated rings. The second-order valence-electron chi connectivity index (χ2n) is 7.39. The third-order valence-corrected chi connectivity index (χ3v) is 5.31. The van der Waals surface area contributed by atoms with Crippen LogP contribution in [0.3, 0.4) is 0 Å². The minimum absolute atomic E-state index is 0.00769. The van der Waals surface area contributed by atoms with Crippen molar-refractivity contribution < 1.29 is 0 Å². The van der Waals surface area contributed by atoms with Crippen LogP contribution in [0.5, 0.6) is 0 Å². The maximum Gasteiger partial charge on any atom is 0.185 e. The molecule has 0 aliphatic heterocycles. The van der Waals surface area contributed by atoms with E-state index in [2.05, 4.69) is 46.8 Å². The van der Waals surface area contributed by atoms with Gasteiger partial charge in [0.25, 0.3) is 0 Å². The SMILES string of the molecule is CC(c1ccccc1)n1nnc2c(NCc3ccccc3)nc(-c3ccccc3)nc21. The third kappa shape index (κ3) is 3.88. The van der Waals surface area contributed by atoms with Crippen LogP contribution in [0.15, 0.2) is 91.0 Å². The molecule has 1 unspecified atom stereocenters. The van der Waals surface area contributed by atoms with Crippen molar-refractivity contribution in [3.8, 4) is 11.4 Å². The summed E-state index contributed by atoms with van der Waals surface area (Å²) in [5.74, 6) is 1.33. The smallest absolute Gasteiger partial charge is 0.185 e. The maximum atomic E-state index is 4.85. The molecule has 0 spiro atoms. The Hall–Kier alpha value is -4.06. The van der Waals surface area contributed by atoms with Crippen LogP contribution < -0.4 is 5.32 Å². The van der Waals surface area contributed by atoms with E-state index in [0.717, 1.165) is 11.1 Å². The quantitative estimate of drug-likeness (QED) is 0.424. The van der Waals surface area contributed by atoms with Gasteiger partial charge in [-0.15, -0.1) is 5.10 Å². The molecule has 152 valence electrons. The molecule has 6 nitrogen and oxygen atoms in total. The van der Waals surface area contributed by atoms with E-state index in [9.17, 15) is 0 Å². The van der Waals surface area contributed by atoms with Gasteiger partial charge in [0.15, 0.2) is 22.8 Å². The van der Waals surface area contributed by atoms with Gasteiger partial charge in [-0.25, -0.2) is 14.6 Å². The average Bonchev–Trinajstić information content (AvgIpc) is 3.28. The van der Waals surface area contributed by atoms with Gasteiger partial charge in [0, 0.05) is 12.1 Å². The zero-order chi connectivity index (χ0) is 21.0. The Morgan fingerprint density at radius 1 is 0.806 bits per heavy atom. The molecule has 0 saturated carbocycles. The first kappa shape index (κ1) is 18.9. The molecular formula is C25H22N6. The summed E-state index contributed by atoms with van der Waals surface area (Å²) in [4.78, 5) is 9.65. The Balaban J connectivity index is 1.60. The van der Waals surface area contributed by atoms with Gasteiger partial charge in [0.1, 0.15) is 0 Å². The summed E-state index contributed by atoms with van der Waals surface area (Å²) in [6, 6.07) is 30.5. The number of aromatic nitrogens is 5. The summed E-state index contributed by atoms with van der Waals surface area (Å²) >= 11 is 0. The minimum atomic E-state index is -0.00769. The Morgan fingerprint density at radius 2 is 1.45 bits per heavy atom. The lowest BCUT2D eigenvalue weighted by Gasteiger charge is -2.13. The summed E-state index contributed by atoms with van der Waals surface area (Å²) in [6.07, 6.45) is 0. The van der Waals surface area contributed by atoms with Crippen LogP contribution in [0.1, 0.15) is 24.1 Å². The van der Waals surface area contributed by atoms with E-state index in [-0.39, 0.29) is 6.04 Å². The van der Waals surface area contributed by atoms with Crippen LogP contribution in [0.2, 0.25) is 0 Å². The van der Waals surface area contributed by atoms with Crippen molar-refractivity contribution in [2.45, 2.75) is 19.5 Å². The van der Waals surface area contributed by atoms with Gasteiger partial charge in [0.05, 0.1) is 6.04 Å². The Bertz CT molecular complexity index is 1280. The number of anilines is 1. The van der Waals surface area contributed by atoms with Crippen molar-refractivity contribution in [1.29, 1.82) is 0 Å². The van der Waals surface area contributed by atoms with Crippen LogP contribution >= 0.6 is 0 Å². The molecule has 5 aromatic rings. The van der Waals surface area contributed by atoms with Gasteiger partial charge >= 0.3 is 0 Å². The molecule has 3 aromatic carbocycles. The summed E-state index contributed by atoms with van der Waals surface area (Å²) in [5, 5.41) is 12.3. The Labute approximate surface area is 180 Å². The molecular weight excluding hydrogens is 384 g/mol. The number of fused-ring (bicyclic) bond motifs is 1. The second kappa shape index (κ2) is 8.36. The van der Waals surface area contributed by atoms with E-state index < -0.39 is 0 Å². The normalized spacial score (nSPS) is 12.0. The molecule has 0 aliphatic rings. The fraction of sp³-hybridized carbons (Fsp3) is 0.120. The fourth-order valence-electron chi connectivity index (χ4n) is 3.58. The number of nitrogens with one attached hydrogen (secondary N) is 1. The number of nitrogens with zero attached hydrogens (tertiary/aromatic N) is 5. The summed E-state index contributed by atoms with van der Waals surface area (Å²) in [6.45, 7) is 2.74. The highest BCUT2D eigenvalue weighted by atomic mass is 15.5. The second-order valence-corrected chi connectivity index (χ2v) is 7.39. The Kier molecular flexibility index (Phi) is 5.10. The predicted octanol–water partition coefficient (Wildman–Crippen LogP) is 5.11. The Morgan fingerprint density at radius 3 is 2.16 bits per heavy atom. The molecule has 0 radical (unpaired) electrons. The zero-order valence-corrected chi connectivity index (χ0v) is 17.2. The monoisotopic (exact) mass is 406 g/mol. The predicted molar refractivity (Wildman–Crippen MR) is 123 cm³/mol. The van der Waals surface area contributed by atoms with Gasteiger partial charge in [-0.05, 0) is 18.1 Å². The highest BCUT2D eigenvalue weighted by Crippen LogP contribution is 2.27. The molecule has 2 heterocycles. The van der Waals surface area contributed by atoms with E-state index in [4.69, 9.17) is 9.97 Å². The van der Waals surface area contributed by atoms with Crippen molar-refractivity contribution in [3.63, 3.8) is 0 Å². The topological polar surface area (TPSA) is 68.5 Å². The van der Waals surface area contributed by atoms with Crippen molar-refractivity contribution in [1.82, 2.24) is 25.0 Å². The van der Waals surface area contributed by atoms with E-state index in [1.54, 1.807) is 0 Å². The standard InChI is InChI=1S/C25H22N6/c1-18(20-13-7-3-8-14-20)31-25-22(29-30-31)24(26-17-19-11-5-2-6-12-19)27-23(28-25)21-15-9-4-10-16-21/h2-16,18H,17H2,1H3,(H,26,27,28). The molecule has 1 N–H and O–H groups in total. The molecule has 6 heteroatoms. The van der Waals surface area contributed by atoms with Gasteiger partial charge < -0.3 is 5.32 Å².